The van der Waals surface area contributed by atoms with Gasteiger partial charge in [-0.15, -0.1) is 0 Å². The van der Waals surface area contributed by atoms with Crippen molar-refractivity contribution in [2.45, 2.75) is 96.4 Å². The van der Waals surface area contributed by atoms with E-state index >= 15 is 0 Å². The average molecular weight is 836 g/mol. The Labute approximate surface area is 316 Å². The van der Waals surface area contributed by atoms with Crippen LogP contribution in [0.5, 0.6) is 5.75 Å². The topological polar surface area (TPSA) is 96.4 Å². The van der Waals surface area contributed by atoms with Crippen molar-refractivity contribution in [2.24, 2.45) is 4.99 Å². The van der Waals surface area contributed by atoms with Gasteiger partial charge in [0.15, 0.2) is 0 Å². The molecule has 3 amide bonds. The average Bonchev–Trinajstić information content (AvgIpc) is 3.29. The van der Waals surface area contributed by atoms with Gasteiger partial charge in [0, 0.05) is 0 Å². The molecule has 0 bridgehead atoms. The molecule has 0 radical (unpaired) electrons. The van der Waals surface area contributed by atoms with Gasteiger partial charge in [-0.2, -0.15) is 0 Å². The number of carbonyl (C=O) groups excluding carboxylic acids is 2. The molecule has 5 rings (SSSR count). The number of aliphatic imine (C=N–C) groups is 1. The van der Waals surface area contributed by atoms with E-state index in [9.17, 15) is 9.59 Å². The molecule has 2 aliphatic heterocycles. The summed E-state index contributed by atoms with van der Waals surface area (Å²) in [5, 5.41) is 4.50. The number of pyridine rings is 1. The van der Waals surface area contributed by atoms with E-state index in [0.717, 1.165) is 16.8 Å². The molecule has 12 heteroatoms. The third-order valence-electron chi connectivity index (χ3n) is 9.46. The second kappa shape index (κ2) is 14.5. The number of amides is 3. The minimum absolute atomic E-state index is 0.182. The molecule has 2 aliphatic rings. The van der Waals surface area contributed by atoms with Gasteiger partial charge in [-0.05, 0) is 20.8 Å². The molecule has 0 aliphatic carbocycles. The van der Waals surface area contributed by atoms with Gasteiger partial charge in [-0.25, -0.2) is 4.79 Å². The van der Waals surface area contributed by atoms with Crippen LogP contribution in [-0.2, 0) is 21.2 Å². The van der Waals surface area contributed by atoms with Gasteiger partial charge in [0.2, 0.25) is 0 Å². The van der Waals surface area contributed by atoms with Crippen molar-refractivity contribution >= 4 is 41.2 Å². The standard InChI is InChI=1S/C38H47Cl2IN5O4/c1-35(2,3)31-22-30(50-41-9)29(23-42-31)32-44-37(7,24-10-14-26(39)15-11-24)38(8,25-12-16-27(40)17-13-25)46(32)33(47)43-28-18-20-45(21-19-28)34(48)49-36(4,5)6/h10-17,22-23,28H,18-21H2,1-9H3,(H,43,47)/q-1/t37-,38+/m0/s1. The van der Waals surface area contributed by atoms with Gasteiger partial charge in [0.05, 0.1) is 0 Å². The summed E-state index contributed by atoms with van der Waals surface area (Å²) in [7, 11) is 0. The summed E-state index contributed by atoms with van der Waals surface area (Å²) < 4.78 is 12.0. The number of likely N-dealkylation sites (tertiary alicyclic amines) is 1. The van der Waals surface area contributed by atoms with E-state index in [0.29, 0.717) is 53.1 Å². The molecular formula is C38H47Cl2IN5O4-. The van der Waals surface area contributed by atoms with Crippen molar-refractivity contribution in [1.82, 2.24) is 20.1 Å². The predicted octanol–water partition coefficient (Wildman–Crippen LogP) is 5.70. The van der Waals surface area contributed by atoms with E-state index in [-0.39, 0.29) is 23.6 Å². The first kappa shape index (κ1) is 38.1. The Bertz CT molecular complexity index is 1750. The van der Waals surface area contributed by atoms with E-state index in [4.69, 9.17) is 41.0 Å². The summed E-state index contributed by atoms with van der Waals surface area (Å²) in [5.41, 5.74) is 0.385. The van der Waals surface area contributed by atoms with Gasteiger partial charge in [0.1, 0.15) is 5.60 Å². The number of hydrogen-bond acceptors (Lipinski definition) is 6. The molecule has 1 saturated heterocycles. The van der Waals surface area contributed by atoms with E-state index in [1.165, 1.54) is 0 Å². The quantitative estimate of drug-likeness (QED) is 0.254. The van der Waals surface area contributed by atoms with Crippen LogP contribution < -0.4 is 30.0 Å². The van der Waals surface area contributed by atoms with Gasteiger partial charge < -0.3 is 4.74 Å². The molecular weight excluding hydrogens is 788 g/mol. The van der Waals surface area contributed by atoms with Crippen molar-refractivity contribution in [3.8, 4) is 5.75 Å². The van der Waals surface area contributed by atoms with Crippen LogP contribution in [0.3, 0.4) is 0 Å². The van der Waals surface area contributed by atoms with E-state index < -0.39 is 38.3 Å². The molecule has 270 valence electrons. The third-order valence-corrected chi connectivity index (χ3v) is 10.9. The number of rotatable bonds is 6. The Morgan fingerprint density at radius 2 is 1.48 bits per heavy atom. The van der Waals surface area contributed by atoms with E-state index in [1.807, 2.05) is 94.1 Å². The van der Waals surface area contributed by atoms with Crippen LogP contribution >= 0.6 is 23.2 Å². The number of amidine groups is 1. The number of alkyl halides is 1. The summed E-state index contributed by atoms with van der Waals surface area (Å²) in [6, 6.07) is 16.6. The Balaban J connectivity index is 1.63. The van der Waals surface area contributed by atoms with Gasteiger partial charge in [-0.3, -0.25) is 0 Å². The monoisotopic (exact) mass is 834 g/mol. The number of urea groups is 1. The Morgan fingerprint density at radius 1 is 0.920 bits per heavy atom. The first-order valence-electron chi connectivity index (χ1n) is 16.8. The fourth-order valence-corrected chi connectivity index (χ4v) is 7.61. The fourth-order valence-electron chi connectivity index (χ4n) is 6.52. The zero-order chi connectivity index (χ0) is 36.6. The molecule has 50 heavy (non-hydrogen) atoms. The number of nitrogens with zero attached hydrogens (tertiary/aromatic N) is 4. The van der Waals surface area contributed by atoms with Crippen molar-refractivity contribution < 1.29 is 39.0 Å². The molecule has 9 nitrogen and oxygen atoms in total. The van der Waals surface area contributed by atoms with Crippen molar-refractivity contribution in [3.63, 3.8) is 0 Å². The van der Waals surface area contributed by atoms with Gasteiger partial charge >= 0.3 is 283 Å². The number of ether oxygens (including phenoxy) is 1. The van der Waals surface area contributed by atoms with Crippen LogP contribution in [-0.4, -0.2) is 62.4 Å². The number of benzene rings is 2. The van der Waals surface area contributed by atoms with E-state index in [2.05, 4.69) is 26.1 Å². The molecule has 1 N–H and O–H groups in total. The summed E-state index contributed by atoms with van der Waals surface area (Å²) in [4.78, 5) is 43.6. The number of hydrogen-bond donors (Lipinski definition) is 1. The van der Waals surface area contributed by atoms with Crippen LogP contribution in [0.25, 0.3) is 0 Å². The molecule has 3 heterocycles. The van der Waals surface area contributed by atoms with E-state index in [1.54, 1.807) is 16.0 Å². The maximum absolute atomic E-state index is 15.0. The summed E-state index contributed by atoms with van der Waals surface area (Å²) in [6.45, 7) is 16.9. The maximum atomic E-state index is 15.0. The minimum atomic E-state index is -1.05. The van der Waals surface area contributed by atoms with Crippen molar-refractivity contribution in [1.29, 1.82) is 0 Å². The first-order chi connectivity index (χ1) is 23.4. The summed E-state index contributed by atoms with van der Waals surface area (Å²) in [6.07, 6.45) is 2.59. The summed E-state index contributed by atoms with van der Waals surface area (Å²) in [5.74, 6) is 1.09. The fraction of sp³-hybridized carbons (Fsp3) is 0.474. The molecule has 1 fully saturated rings. The third kappa shape index (κ3) is 7.72. The van der Waals surface area contributed by atoms with Crippen LogP contribution in [0.15, 0.2) is 65.8 Å². The molecule has 0 spiro atoms. The zero-order valence-electron chi connectivity index (χ0n) is 30.2. The zero-order valence-corrected chi connectivity index (χ0v) is 33.9. The molecule has 1 aromatic heterocycles. The molecule has 0 saturated carbocycles. The second-order valence-corrected chi connectivity index (χ2v) is 17.4. The molecule has 2 aromatic carbocycles. The SMILES string of the molecule is C[I-]Oc1cc(C(C)(C)C)ncc1C1=N[C@@](C)(c2ccc(Cl)cc2)[C@@](C)(c2ccc(Cl)cc2)N1C(=O)NC1CCN(C(=O)OC(C)(C)C)CC1. The van der Waals surface area contributed by atoms with Crippen LogP contribution in [0, 0.1) is 0 Å². The normalized spacial score (nSPS) is 21.6. The van der Waals surface area contributed by atoms with Crippen molar-refractivity contribution in [2.75, 3.05) is 18.0 Å². The number of nitrogens with one attached hydrogen (secondary N) is 1. The van der Waals surface area contributed by atoms with Crippen LogP contribution in [0.1, 0.15) is 90.6 Å². The predicted molar refractivity (Wildman–Crippen MR) is 195 cm³/mol. The number of piperidine rings is 1. The second-order valence-electron chi connectivity index (χ2n) is 15.2. The Kier molecular flexibility index (Phi) is 11.1. The van der Waals surface area contributed by atoms with Gasteiger partial charge in [0.25, 0.3) is 0 Å². The first-order valence-corrected chi connectivity index (χ1v) is 20.5. The van der Waals surface area contributed by atoms with Crippen molar-refractivity contribution in [3.05, 3.63) is 93.2 Å². The Morgan fingerprint density at radius 3 is 2.00 bits per heavy atom. The molecule has 2 atom stereocenters. The molecule has 0 unspecified atom stereocenters. The number of halogens is 3. The van der Waals surface area contributed by atoms with Crippen LogP contribution in [0.2, 0.25) is 10.0 Å². The van der Waals surface area contributed by atoms with Crippen LogP contribution in [0.4, 0.5) is 9.59 Å². The molecule has 3 aromatic rings. The summed E-state index contributed by atoms with van der Waals surface area (Å²) >= 11 is 12.1. The Hall–Kier alpha value is -3.09. The number of carbonyl (C=O) groups is 2. The van der Waals surface area contributed by atoms with Gasteiger partial charge in [-0.1, -0.05) is 0 Å². The number of aromatic nitrogens is 1.